The zero-order valence-corrected chi connectivity index (χ0v) is 14.3. The van der Waals surface area contributed by atoms with Crippen LogP contribution in [0.4, 0.5) is 5.69 Å². The molecule has 2 amide bonds. The van der Waals surface area contributed by atoms with Crippen LogP contribution < -0.4 is 15.0 Å². The van der Waals surface area contributed by atoms with Crippen LogP contribution in [0.25, 0.3) is 0 Å². The standard InChI is InChI=1S/C18H20N2O3S/c1-2-23-15-7-5-14(6-8-15)20-12-13(10-17(20)21)11-19-18(22)16-4-3-9-24-16/h3-9,13H,2,10-12H2,1H3,(H,19,22). The maximum absolute atomic E-state index is 12.3. The normalized spacial score (nSPS) is 17.1. The van der Waals surface area contributed by atoms with E-state index < -0.39 is 0 Å². The topological polar surface area (TPSA) is 58.6 Å². The molecule has 0 radical (unpaired) electrons. The molecule has 1 unspecified atom stereocenters. The third-order valence-electron chi connectivity index (χ3n) is 3.96. The van der Waals surface area contributed by atoms with Crippen molar-refractivity contribution in [1.29, 1.82) is 0 Å². The Bertz CT molecular complexity index is 698. The minimum atomic E-state index is -0.0723. The SMILES string of the molecule is CCOc1ccc(N2CC(CNC(=O)c3cccs3)CC2=O)cc1. The summed E-state index contributed by atoms with van der Waals surface area (Å²) < 4.78 is 5.42. The van der Waals surface area contributed by atoms with Gasteiger partial charge in [-0.3, -0.25) is 9.59 Å². The average molecular weight is 344 g/mol. The molecule has 0 saturated carbocycles. The second kappa shape index (κ2) is 7.49. The van der Waals surface area contributed by atoms with Gasteiger partial charge in [0.15, 0.2) is 0 Å². The summed E-state index contributed by atoms with van der Waals surface area (Å²) in [7, 11) is 0. The lowest BCUT2D eigenvalue weighted by molar-refractivity contribution is -0.117. The van der Waals surface area contributed by atoms with Crippen LogP contribution in [0.15, 0.2) is 41.8 Å². The van der Waals surface area contributed by atoms with E-state index in [0.717, 1.165) is 11.4 Å². The van der Waals surface area contributed by atoms with Gasteiger partial charge in [0.05, 0.1) is 11.5 Å². The molecular weight excluding hydrogens is 324 g/mol. The molecule has 1 aromatic heterocycles. The van der Waals surface area contributed by atoms with Gasteiger partial charge in [-0.15, -0.1) is 11.3 Å². The third kappa shape index (κ3) is 3.76. The van der Waals surface area contributed by atoms with Crippen LogP contribution in [0.1, 0.15) is 23.0 Å². The van der Waals surface area contributed by atoms with Crippen LogP contribution in [-0.2, 0) is 4.79 Å². The third-order valence-corrected chi connectivity index (χ3v) is 4.83. The van der Waals surface area contributed by atoms with E-state index in [4.69, 9.17) is 4.74 Å². The molecule has 1 aliphatic heterocycles. The van der Waals surface area contributed by atoms with Crippen molar-refractivity contribution < 1.29 is 14.3 Å². The van der Waals surface area contributed by atoms with Gasteiger partial charge in [-0.2, -0.15) is 0 Å². The van der Waals surface area contributed by atoms with E-state index in [9.17, 15) is 9.59 Å². The van der Waals surface area contributed by atoms with Crippen LogP contribution in [0, 0.1) is 5.92 Å². The van der Waals surface area contributed by atoms with Crippen molar-refractivity contribution >= 4 is 28.8 Å². The lowest BCUT2D eigenvalue weighted by Gasteiger charge is -2.17. The lowest BCUT2D eigenvalue weighted by Crippen LogP contribution is -2.30. The number of carbonyl (C=O) groups excluding carboxylic acids is 2. The van der Waals surface area contributed by atoms with Gasteiger partial charge >= 0.3 is 0 Å². The molecule has 1 atom stereocenters. The Morgan fingerprint density at radius 1 is 1.33 bits per heavy atom. The fraction of sp³-hybridized carbons (Fsp3) is 0.333. The van der Waals surface area contributed by atoms with Crippen LogP contribution in [0.3, 0.4) is 0 Å². The molecule has 24 heavy (non-hydrogen) atoms. The van der Waals surface area contributed by atoms with Gasteiger partial charge in [0, 0.05) is 31.1 Å². The molecule has 3 rings (SSSR count). The molecule has 2 heterocycles. The van der Waals surface area contributed by atoms with Gasteiger partial charge < -0.3 is 15.0 Å². The number of anilines is 1. The number of thiophene rings is 1. The summed E-state index contributed by atoms with van der Waals surface area (Å²) in [5.74, 6) is 0.951. The highest BCUT2D eigenvalue weighted by molar-refractivity contribution is 7.12. The molecule has 1 N–H and O–H groups in total. The zero-order valence-electron chi connectivity index (χ0n) is 13.5. The highest BCUT2D eigenvalue weighted by atomic mass is 32.1. The summed E-state index contributed by atoms with van der Waals surface area (Å²) in [4.78, 5) is 26.7. The number of benzene rings is 1. The average Bonchev–Trinajstić information content (AvgIpc) is 3.24. The molecule has 1 fully saturated rings. The van der Waals surface area contributed by atoms with Crippen LogP contribution in [-0.4, -0.2) is 31.5 Å². The van der Waals surface area contributed by atoms with E-state index in [1.165, 1.54) is 11.3 Å². The summed E-state index contributed by atoms with van der Waals surface area (Å²) in [6.45, 7) is 3.69. The zero-order chi connectivity index (χ0) is 16.9. The summed E-state index contributed by atoms with van der Waals surface area (Å²) >= 11 is 1.42. The Morgan fingerprint density at radius 3 is 2.79 bits per heavy atom. The predicted octanol–water partition coefficient (Wildman–Crippen LogP) is 2.93. The number of hydrogen-bond acceptors (Lipinski definition) is 4. The summed E-state index contributed by atoms with van der Waals surface area (Å²) in [5.41, 5.74) is 0.871. The van der Waals surface area contributed by atoms with Crippen molar-refractivity contribution in [3.8, 4) is 5.75 Å². The molecular formula is C18H20N2O3S. The van der Waals surface area contributed by atoms with Gasteiger partial charge in [-0.05, 0) is 42.6 Å². The molecule has 0 spiro atoms. The first kappa shape index (κ1) is 16.5. The summed E-state index contributed by atoms with van der Waals surface area (Å²) in [6, 6.07) is 11.2. The van der Waals surface area contributed by atoms with E-state index in [1.807, 2.05) is 42.6 Å². The number of hydrogen-bond donors (Lipinski definition) is 1. The van der Waals surface area contributed by atoms with Crippen molar-refractivity contribution in [2.45, 2.75) is 13.3 Å². The molecule has 6 heteroatoms. The maximum atomic E-state index is 12.3. The molecule has 5 nitrogen and oxygen atoms in total. The first-order chi connectivity index (χ1) is 11.7. The molecule has 2 aromatic rings. The fourth-order valence-electron chi connectivity index (χ4n) is 2.79. The van der Waals surface area contributed by atoms with E-state index >= 15 is 0 Å². The molecule has 126 valence electrons. The van der Waals surface area contributed by atoms with E-state index in [2.05, 4.69) is 5.32 Å². The van der Waals surface area contributed by atoms with Crippen molar-refractivity contribution in [1.82, 2.24) is 5.32 Å². The van der Waals surface area contributed by atoms with E-state index in [1.54, 1.807) is 11.0 Å². The van der Waals surface area contributed by atoms with E-state index in [-0.39, 0.29) is 17.7 Å². The largest absolute Gasteiger partial charge is 0.494 e. The fourth-order valence-corrected chi connectivity index (χ4v) is 3.43. The second-order valence-corrected chi connectivity index (χ2v) is 6.64. The summed E-state index contributed by atoms with van der Waals surface area (Å²) in [5, 5.41) is 4.79. The van der Waals surface area contributed by atoms with Crippen molar-refractivity contribution in [2.75, 3.05) is 24.6 Å². The number of nitrogens with zero attached hydrogens (tertiary/aromatic N) is 1. The number of rotatable bonds is 6. The number of ether oxygens (including phenoxy) is 1. The minimum Gasteiger partial charge on any atom is -0.494 e. The number of carbonyl (C=O) groups is 2. The van der Waals surface area contributed by atoms with Crippen LogP contribution >= 0.6 is 11.3 Å². The molecule has 1 aromatic carbocycles. The minimum absolute atomic E-state index is 0.0723. The Kier molecular flexibility index (Phi) is 5.15. The Balaban J connectivity index is 1.56. The monoisotopic (exact) mass is 344 g/mol. The van der Waals surface area contributed by atoms with Gasteiger partial charge in [0.2, 0.25) is 5.91 Å². The van der Waals surface area contributed by atoms with Crippen LogP contribution in [0.2, 0.25) is 0 Å². The molecule has 0 aliphatic carbocycles. The van der Waals surface area contributed by atoms with Gasteiger partial charge in [-0.1, -0.05) is 6.07 Å². The molecule has 1 aliphatic rings. The van der Waals surface area contributed by atoms with Crippen molar-refractivity contribution in [3.05, 3.63) is 46.7 Å². The Labute approximate surface area is 145 Å². The quantitative estimate of drug-likeness (QED) is 0.876. The first-order valence-electron chi connectivity index (χ1n) is 8.02. The van der Waals surface area contributed by atoms with Crippen molar-refractivity contribution in [2.24, 2.45) is 5.92 Å². The first-order valence-corrected chi connectivity index (χ1v) is 8.90. The highest BCUT2D eigenvalue weighted by Gasteiger charge is 2.30. The number of nitrogens with one attached hydrogen (secondary N) is 1. The molecule has 1 saturated heterocycles. The Morgan fingerprint density at radius 2 is 2.12 bits per heavy atom. The Hall–Kier alpha value is -2.34. The predicted molar refractivity (Wildman–Crippen MR) is 94.7 cm³/mol. The maximum Gasteiger partial charge on any atom is 0.261 e. The van der Waals surface area contributed by atoms with Crippen molar-refractivity contribution in [3.63, 3.8) is 0 Å². The van der Waals surface area contributed by atoms with Gasteiger partial charge in [-0.25, -0.2) is 0 Å². The highest BCUT2D eigenvalue weighted by Crippen LogP contribution is 2.26. The lowest BCUT2D eigenvalue weighted by atomic mass is 10.1. The smallest absolute Gasteiger partial charge is 0.261 e. The summed E-state index contributed by atoms with van der Waals surface area (Å²) in [6.07, 6.45) is 0.456. The second-order valence-electron chi connectivity index (χ2n) is 5.69. The van der Waals surface area contributed by atoms with Crippen LogP contribution in [0.5, 0.6) is 5.75 Å². The van der Waals surface area contributed by atoms with E-state index in [0.29, 0.717) is 31.0 Å². The van der Waals surface area contributed by atoms with Gasteiger partial charge in [0.25, 0.3) is 5.91 Å². The molecule has 0 bridgehead atoms. The number of amides is 2. The van der Waals surface area contributed by atoms with Gasteiger partial charge in [0.1, 0.15) is 5.75 Å².